The van der Waals surface area contributed by atoms with Gasteiger partial charge in [0.1, 0.15) is 0 Å². The topological polar surface area (TPSA) is 70.3 Å². The molecule has 5 N–H and O–H groups in total. The molecule has 0 spiro atoms. The molecule has 0 bridgehead atoms. The van der Waals surface area contributed by atoms with Gasteiger partial charge in [-0.25, -0.2) is 0 Å². The number of hydrogen-bond acceptors (Lipinski definition) is 4. The van der Waals surface area contributed by atoms with Crippen molar-refractivity contribution < 1.29 is 5.11 Å². The van der Waals surface area contributed by atoms with E-state index in [9.17, 15) is 5.11 Å². The van der Waals surface area contributed by atoms with Gasteiger partial charge in [0.15, 0.2) is 0 Å². The Bertz CT molecular complexity index is 470. The number of nitrogens with one attached hydrogen (secondary N) is 2. The molecule has 0 aliphatic heterocycles. The van der Waals surface area contributed by atoms with Gasteiger partial charge >= 0.3 is 0 Å². The molecule has 0 radical (unpaired) electrons. The van der Waals surface area contributed by atoms with Crippen molar-refractivity contribution in [2.45, 2.75) is 38.7 Å². The summed E-state index contributed by atoms with van der Waals surface area (Å²) in [6.45, 7) is 9.00. The van der Waals surface area contributed by atoms with Crippen LogP contribution >= 0.6 is 0 Å². The molecule has 0 saturated carbocycles. The Morgan fingerprint density at radius 1 is 1.27 bits per heavy atom. The van der Waals surface area contributed by atoms with Crippen molar-refractivity contribution >= 4 is 0 Å². The van der Waals surface area contributed by atoms with Gasteiger partial charge in [-0.05, 0) is 44.4 Å². The molecule has 2 atom stereocenters. The Kier molecular flexibility index (Phi) is 8.51. The number of hydrazine groups is 1. The molecular weight excluding hydrogens is 274 g/mol. The van der Waals surface area contributed by atoms with Crippen molar-refractivity contribution in [3.05, 3.63) is 59.8 Å². The minimum Gasteiger partial charge on any atom is -0.405 e. The minimum atomic E-state index is -0.423. The number of benzene rings is 1. The van der Waals surface area contributed by atoms with E-state index in [0.717, 1.165) is 17.6 Å². The van der Waals surface area contributed by atoms with Crippen LogP contribution in [0.5, 0.6) is 0 Å². The fourth-order valence-electron chi connectivity index (χ4n) is 2.33. The molecule has 1 rings (SSSR count). The van der Waals surface area contributed by atoms with E-state index in [1.54, 1.807) is 6.20 Å². The van der Waals surface area contributed by atoms with Gasteiger partial charge in [-0.1, -0.05) is 48.1 Å². The first kappa shape index (κ1) is 18.4. The number of hydrogen-bond donors (Lipinski definition) is 4. The standard InChI is InChI=1S/C18H29N3O/c1-14(2)12-20-21-13-18(22)10-17(9-15(3)11-19)16-7-5-4-6-8-16/h4-8,11,17-18,20-22H,1,9-10,12-13,19H2,2-3H3. The molecule has 0 fully saturated rings. The molecule has 0 saturated heterocycles. The molecule has 4 heteroatoms. The third kappa shape index (κ3) is 7.41. The van der Waals surface area contributed by atoms with E-state index in [-0.39, 0.29) is 5.92 Å². The molecule has 4 nitrogen and oxygen atoms in total. The van der Waals surface area contributed by atoms with E-state index in [4.69, 9.17) is 5.73 Å². The summed E-state index contributed by atoms with van der Waals surface area (Å²) in [6, 6.07) is 10.3. The zero-order valence-electron chi connectivity index (χ0n) is 13.7. The molecule has 1 aromatic carbocycles. The largest absolute Gasteiger partial charge is 0.405 e. The SMILES string of the molecule is C=C(C)CNNCC(O)CC(CC(C)=CN)c1ccccc1. The van der Waals surface area contributed by atoms with Gasteiger partial charge in [-0.15, -0.1) is 0 Å². The van der Waals surface area contributed by atoms with Crippen LogP contribution in [0.3, 0.4) is 0 Å². The zero-order chi connectivity index (χ0) is 16.4. The summed E-state index contributed by atoms with van der Waals surface area (Å²) in [5.74, 6) is 0.263. The van der Waals surface area contributed by atoms with E-state index in [1.807, 2.05) is 32.0 Å². The molecule has 0 aliphatic carbocycles. The second-order valence-corrected chi connectivity index (χ2v) is 5.91. The van der Waals surface area contributed by atoms with Gasteiger partial charge < -0.3 is 10.8 Å². The first-order chi connectivity index (χ1) is 10.5. The summed E-state index contributed by atoms with van der Waals surface area (Å²) in [4.78, 5) is 0. The molecule has 122 valence electrons. The lowest BCUT2D eigenvalue weighted by molar-refractivity contribution is 0.147. The van der Waals surface area contributed by atoms with E-state index in [0.29, 0.717) is 19.5 Å². The number of rotatable bonds is 10. The minimum absolute atomic E-state index is 0.263. The molecular formula is C18H29N3O. The first-order valence-electron chi connectivity index (χ1n) is 7.73. The molecule has 0 aliphatic rings. The summed E-state index contributed by atoms with van der Waals surface area (Å²) >= 11 is 0. The summed E-state index contributed by atoms with van der Waals surface area (Å²) in [5, 5.41) is 10.3. The van der Waals surface area contributed by atoms with E-state index >= 15 is 0 Å². The molecule has 0 heterocycles. The van der Waals surface area contributed by atoms with Crippen LogP contribution in [0.2, 0.25) is 0 Å². The Balaban J connectivity index is 2.55. The average molecular weight is 303 g/mol. The lowest BCUT2D eigenvalue weighted by Gasteiger charge is -2.21. The predicted octanol–water partition coefficient (Wildman–Crippen LogP) is 2.44. The fraction of sp³-hybridized carbons (Fsp3) is 0.444. The lowest BCUT2D eigenvalue weighted by Crippen LogP contribution is -2.39. The Hall–Kier alpha value is -1.62. The zero-order valence-corrected chi connectivity index (χ0v) is 13.7. The maximum atomic E-state index is 10.3. The number of allylic oxidation sites excluding steroid dienone is 1. The summed E-state index contributed by atoms with van der Waals surface area (Å²) in [7, 11) is 0. The summed E-state index contributed by atoms with van der Waals surface area (Å²) < 4.78 is 0. The number of aliphatic hydroxyl groups is 1. The second-order valence-electron chi connectivity index (χ2n) is 5.91. The normalized spacial score (nSPS) is 14.6. The van der Waals surface area contributed by atoms with Gasteiger partial charge in [-0.3, -0.25) is 10.9 Å². The summed E-state index contributed by atoms with van der Waals surface area (Å²) in [5.41, 5.74) is 15.1. The highest BCUT2D eigenvalue weighted by molar-refractivity contribution is 5.21. The van der Waals surface area contributed by atoms with E-state index in [2.05, 4.69) is 29.6 Å². The van der Waals surface area contributed by atoms with Crippen LogP contribution in [0.1, 0.15) is 38.2 Å². The average Bonchev–Trinajstić information content (AvgIpc) is 2.51. The van der Waals surface area contributed by atoms with Crippen molar-refractivity contribution in [3.8, 4) is 0 Å². The first-order valence-corrected chi connectivity index (χ1v) is 7.73. The predicted molar refractivity (Wildman–Crippen MR) is 93.2 cm³/mol. The van der Waals surface area contributed by atoms with Crippen LogP contribution in [-0.4, -0.2) is 24.3 Å². The molecule has 1 aromatic rings. The van der Waals surface area contributed by atoms with E-state index in [1.165, 1.54) is 5.56 Å². The van der Waals surface area contributed by atoms with Crippen molar-refractivity contribution in [2.75, 3.05) is 13.1 Å². The maximum absolute atomic E-state index is 10.3. The number of nitrogens with two attached hydrogens (primary N) is 1. The monoisotopic (exact) mass is 303 g/mol. The van der Waals surface area contributed by atoms with Crippen LogP contribution < -0.4 is 16.6 Å². The van der Waals surface area contributed by atoms with Gasteiger partial charge in [0.2, 0.25) is 0 Å². The van der Waals surface area contributed by atoms with Crippen LogP contribution in [0, 0.1) is 0 Å². The highest BCUT2D eigenvalue weighted by Crippen LogP contribution is 2.27. The lowest BCUT2D eigenvalue weighted by atomic mass is 9.88. The van der Waals surface area contributed by atoms with Crippen molar-refractivity contribution in [2.24, 2.45) is 5.73 Å². The van der Waals surface area contributed by atoms with Crippen molar-refractivity contribution in [1.29, 1.82) is 0 Å². The van der Waals surface area contributed by atoms with Gasteiger partial charge in [0.05, 0.1) is 6.10 Å². The molecule has 0 amide bonds. The Morgan fingerprint density at radius 3 is 2.55 bits per heavy atom. The molecule has 0 aromatic heterocycles. The quantitative estimate of drug-likeness (QED) is 0.304. The van der Waals surface area contributed by atoms with Gasteiger partial charge in [0, 0.05) is 13.1 Å². The van der Waals surface area contributed by atoms with Crippen LogP contribution in [0.25, 0.3) is 0 Å². The third-order valence-electron chi connectivity index (χ3n) is 3.53. The fourth-order valence-corrected chi connectivity index (χ4v) is 2.33. The van der Waals surface area contributed by atoms with E-state index < -0.39 is 6.10 Å². The molecule has 2 unspecified atom stereocenters. The van der Waals surface area contributed by atoms with Gasteiger partial charge in [-0.2, -0.15) is 0 Å². The van der Waals surface area contributed by atoms with Crippen LogP contribution in [-0.2, 0) is 0 Å². The summed E-state index contributed by atoms with van der Waals surface area (Å²) in [6.07, 6.45) is 2.77. The highest BCUT2D eigenvalue weighted by atomic mass is 16.3. The molecule has 22 heavy (non-hydrogen) atoms. The highest BCUT2D eigenvalue weighted by Gasteiger charge is 2.17. The Morgan fingerprint density at radius 2 is 1.95 bits per heavy atom. The maximum Gasteiger partial charge on any atom is 0.0684 e. The van der Waals surface area contributed by atoms with Crippen molar-refractivity contribution in [3.63, 3.8) is 0 Å². The number of aliphatic hydroxyl groups excluding tert-OH is 1. The Labute approximate surface area is 134 Å². The van der Waals surface area contributed by atoms with Crippen molar-refractivity contribution in [1.82, 2.24) is 10.9 Å². The third-order valence-corrected chi connectivity index (χ3v) is 3.53. The van der Waals surface area contributed by atoms with Crippen LogP contribution in [0.4, 0.5) is 0 Å². The van der Waals surface area contributed by atoms with Crippen LogP contribution in [0.15, 0.2) is 54.3 Å². The second kappa shape index (κ2) is 10.2. The van der Waals surface area contributed by atoms with Gasteiger partial charge in [0.25, 0.3) is 0 Å². The smallest absolute Gasteiger partial charge is 0.0684 e.